The Kier molecular flexibility index (Phi) is 4.51. The fraction of sp³-hybridized carbons (Fsp3) is 0.316. The minimum atomic E-state index is -0.168. The molecule has 0 radical (unpaired) electrons. The summed E-state index contributed by atoms with van der Waals surface area (Å²) in [4.78, 5) is 14.7. The number of carbonyl (C=O) groups excluding carboxylic acids is 1. The summed E-state index contributed by atoms with van der Waals surface area (Å²) >= 11 is 0. The van der Waals surface area contributed by atoms with Crippen LogP contribution in [0.25, 0.3) is 0 Å². The van der Waals surface area contributed by atoms with Crippen molar-refractivity contribution < 1.29 is 15.0 Å². The van der Waals surface area contributed by atoms with E-state index >= 15 is 0 Å². The minimum absolute atomic E-state index is 0.0430. The summed E-state index contributed by atoms with van der Waals surface area (Å²) in [7, 11) is 0. The summed E-state index contributed by atoms with van der Waals surface area (Å²) in [6.45, 7) is 0.705. The van der Waals surface area contributed by atoms with E-state index in [4.69, 9.17) is 0 Å². The fourth-order valence-electron chi connectivity index (χ4n) is 3.22. The molecule has 1 atom stereocenters. The molecule has 4 heteroatoms. The number of benzene rings is 2. The lowest BCUT2D eigenvalue weighted by Crippen LogP contribution is -2.44. The van der Waals surface area contributed by atoms with Gasteiger partial charge < -0.3 is 15.1 Å². The van der Waals surface area contributed by atoms with Crippen molar-refractivity contribution >= 4 is 5.91 Å². The van der Waals surface area contributed by atoms with Gasteiger partial charge >= 0.3 is 0 Å². The molecule has 4 nitrogen and oxygen atoms in total. The number of rotatable bonds is 3. The van der Waals surface area contributed by atoms with E-state index in [9.17, 15) is 15.0 Å². The first-order valence-electron chi connectivity index (χ1n) is 8.02. The molecule has 0 bridgehead atoms. The Labute approximate surface area is 136 Å². The number of nitrogens with zero attached hydrogens (tertiary/aromatic N) is 1. The lowest BCUT2D eigenvalue weighted by Gasteiger charge is -2.36. The van der Waals surface area contributed by atoms with E-state index in [0.717, 1.165) is 25.7 Å². The molecule has 2 aromatic rings. The highest BCUT2D eigenvalue weighted by Crippen LogP contribution is 2.28. The van der Waals surface area contributed by atoms with Gasteiger partial charge in [0.25, 0.3) is 5.91 Å². The summed E-state index contributed by atoms with van der Waals surface area (Å²) < 4.78 is 0. The number of hydrogen-bond acceptors (Lipinski definition) is 3. The summed E-state index contributed by atoms with van der Waals surface area (Å²) in [5.74, 6) is -0.374. The zero-order chi connectivity index (χ0) is 16.2. The zero-order valence-electron chi connectivity index (χ0n) is 13.0. The molecule has 0 aliphatic carbocycles. The molecule has 1 amide bonds. The lowest BCUT2D eigenvalue weighted by molar-refractivity contribution is 0.0610. The molecule has 2 N–H and O–H groups in total. The molecule has 1 aliphatic heterocycles. The van der Waals surface area contributed by atoms with Gasteiger partial charge in [0.1, 0.15) is 11.5 Å². The number of phenolic OH excluding ortho intramolecular Hbond substituents is 2. The topological polar surface area (TPSA) is 60.8 Å². The van der Waals surface area contributed by atoms with E-state index < -0.39 is 0 Å². The molecule has 1 heterocycles. The van der Waals surface area contributed by atoms with Gasteiger partial charge in [0, 0.05) is 18.7 Å². The second kappa shape index (κ2) is 6.73. The predicted octanol–water partition coefficient (Wildman–Crippen LogP) is 3.34. The van der Waals surface area contributed by atoms with Crippen molar-refractivity contribution in [3.05, 3.63) is 59.7 Å². The van der Waals surface area contributed by atoms with Crippen LogP contribution in [0.5, 0.6) is 11.5 Å². The van der Waals surface area contributed by atoms with Gasteiger partial charge in [-0.25, -0.2) is 0 Å². The molecule has 1 saturated heterocycles. The first-order chi connectivity index (χ1) is 11.1. The van der Waals surface area contributed by atoms with E-state index in [-0.39, 0.29) is 29.0 Å². The Balaban J connectivity index is 1.81. The van der Waals surface area contributed by atoms with Crippen molar-refractivity contribution in [3.63, 3.8) is 0 Å². The predicted molar refractivity (Wildman–Crippen MR) is 88.6 cm³/mol. The summed E-state index contributed by atoms with van der Waals surface area (Å²) in [5.41, 5.74) is 1.47. The smallest absolute Gasteiger partial charge is 0.257 e. The Morgan fingerprint density at radius 2 is 1.87 bits per heavy atom. The molecule has 3 rings (SSSR count). The van der Waals surface area contributed by atoms with Crippen LogP contribution in [0.1, 0.15) is 35.2 Å². The number of aromatic hydroxyl groups is 2. The van der Waals surface area contributed by atoms with E-state index in [2.05, 4.69) is 12.1 Å². The average molecular weight is 311 g/mol. The Morgan fingerprint density at radius 1 is 1.09 bits per heavy atom. The fourth-order valence-corrected chi connectivity index (χ4v) is 3.22. The number of amides is 1. The molecule has 0 saturated carbocycles. The second-order valence-electron chi connectivity index (χ2n) is 6.04. The third-order valence-electron chi connectivity index (χ3n) is 4.41. The van der Waals surface area contributed by atoms with Crippen LogP contribution in [0.3, 0.4) is 0 Å². The maximum Gasteiger partial charge on any atom is 0.257 e. The molecule has 0 spiro atoms. The Morgan fingerprint density at radius 3 is 2.61 bits per heavy atom. The van der Waals surface area contributed by atoms with E-state index in [1.807, 2.05) is 23.1 Å². The van der Waals surface area contributed by atoms with Gasteiger partial charge in [-0.1, -0.05) is 30.3 Å². The zero-order valence-corrected chi connectivity index (χ0v) is 13.0. The highest BCUT2D eigenvalue weighted by molar-refractivity contribution is 5.97. The molecular formula is C19H21NO3. The van der Waals surface area contributed by atoms with Gasteiger partial charge in [-0.2, -0.15) is 0 Å². The van der Waals surface area contributed by atoms with Gasteiger partial charge in [-0.15, -0.1) is 0 Å². The summed E-state index contributed by atoms with van der Waals surface area (Å²) in [5, 5.41) is 19.4. The standard InChI is InChI=1S/C19H21NO3/c21-16-9-10-17(18(22)13-16)19(23)20-11-5-4-8-15(20)12-14-6-2-1-3-7-14/h1-3,6-7,9-10,13,15,21-22H,4-5,8,11-12H2. The largest absolute Gasteiger partial charge is 0.508 e. The van der Waals surface area contributed by atoms with Crippen LogP contribution in [-0.2, 0) is 6.42 Å². The molecule has 1 aliphatic rings. The molecule has 1 unspecified atom stereocenters. The van der Waals surface area contributed by atoms with Crippen molar-refractivity contribution in [3.8, 4) is 11.5 Å². The van der Waals surface area contributed by atoms with E-state index in [1.54, 1.807) is 0 Å². The minimum Gasteiger partial charge on any atom is -0.508 e. The van der Waals surface area contributed by atoms with Crippen LogP contribution in [0.4, 0.5) is 0 Å². The van der Waals surface area contributed by atoms with Gasteiger partial charge in [-0.05, 0) is 43.4 Å². The van der Waals surface area contributed by atoms with Crippen LogP contribution in [0, 0.1) is 0 Å². The highest BCUT2D eigenvalue weighted by Gasteiger charge is 2.28. The average Bonchev–Trinajstić information content (AvgIpc) is 2.56. The van der Waals surface area contributed by atoms with Crippen LogP contribution in [-0.4, -0.2) is 33.6 Å². The first-order valence-corrected chi connectivity index (χ1v) is 8.02. The second-order valence-corrected chi connectivity index (χ2v) is 6.04. The first kappa shape index (κ1) is 15.4. The van der Waals surface area contributed by atoms with Crippen LogP contribution in [0.2, 0.25) is 0 Å². The van der Waals surface area contributed by atoms with Crippen molar-refractivity contribution in [2.24, 2.45) is 0 Å². The maximum atomic E-state index is 12.8. The maximum absolute atomic E-state index is 12.8. The van der Waals surface area contributed by atoms with Gasteiger partial charge in [0.05, 0.1) is 5.56 Å². The molecule has 0 aromatic heterocycles. The van der Waals surface area contributed by atoms with Gasteiger partial charge in [0.15, 0.2) is 0 Å². The van der Waals surface area contributed by atoms with Crippen molar-refractivity contribution in [1.29, 1.82) is 0 Å². The monoisotopic (exact) mass is 311 g/mol. The van der Waals surface area contributed by atoms with Gasteiger partial charge in [0.2, 0.25) is 0 Å². The number of phenols is 2. The SMILES string of the molecule is O=C(c1ccc(O)cc1O)N1CCCCC1Cc1ccccc1. The van der Waals surface area contributed by atoms with Crippen LogP contribution in [0.15, 0.2) is 48.5 Å². The number of likely N-dealkylation sites (tertiary alicyclic amines) is 1. The molecule has 2 aromatic carbocycles. The summed E-state index contributed by atoms with van der Waals surface area (Å²) in [6, 6.07) is 14.4. The normalized spacial score (nSPS) is 17.9. The van der Waals surface area contributed by atoms with Crippen molar-refractivity contribution in [2.45, 2.75) is 31.7 Å². The van der Waals surface area contributed by atoms with Crippen molar-refractivity contribution in [1.82, 2.24) is 4.90 Å². The lowest BCUT2D eigenvalue weighted by atomic mass is 9.94. The number of carbonyl (C=O) groups is 1. The molecular weight excluding hydrogens is 290 g/mol. The molecule has 1 fully saturated rings. The summed E-state index contributed by atoms with van der Waals surface area (Å²) in [6.07, 6.45) is 3.89. The Bertz CT molecular complexity index is 684. The quantitative estimate of drug-likeness (QED) is 0.914. The molecule has 23 heavy (non-hydrogen) atoms. The Hall–Kier alpha value is -2.49. The van der Waals surface area contributed by atoms with Gasteiger partial charge in [-0.3, -0.25) is 4.79 Å². The number of piperidine rings is 1. The van der Waals surface area contributed by atoms with Crippen LogP contribution >= 0.6 is 0 Å². The third-order valence-corrected chi connectivity index (χ3v) is 4.41. The molecule has 120 valence electrons. The number of hydrogen-bond donors (Lipinski definition) is 2. The highest BCUT2D eigenvalue weighted by atomic mass is 16.3. The van der Waals surface area contributed by atoms with Crippen molar-refractivity contribution in [2.75, 3.05) is 6.54 Å². The van der Waals surface area contributed by atoms with Crippen LogP contribution < -0.4 is 0 Å². The van der Waals surface area contributed by atoms with E-state index in [1.165, 1.54) is 23.8 Å². The van der Waals surface area contributed by atoms with E-state index in [0.29, 0.717) is 6.54 Å². The third kappa shape index (κ3) is 3.47.